The number of aromatic nitrogens is 4. The van der Waals surface area contributed by atoms with E-state index >= 15 is 4.39 Å². The number of rotatable bonds is 10. The summed E-state index contributed by atoms with van der Waals surface area (Å²) >= 11 is 0. The van der Waals surface area contributed by atoms with Crippen LogP contribution in [0, 0.1) is 12.7 Å². The van der Waals surface area contributed by atoms with Crippen molar-refractivity contribution in [3.63, 3.8) is 0 Å². The Morgan fingerprint density at radius 2 is 1.77 bits per heavy atom. The van der Waals surface area contributed by atoms with Gasteiger partial charge in [0, 0.05) is 74.4 Å². The molecule has 2 saturated heterocycles. The van der Waals surface area contributed by atoms with E-state index in [1.54, 1.807) is 36.0 Å². The Labute approximate surface area is 321 Å². The van der Waals surface area contributed by atoms with Gasteiger partial charge in [-0.1, -0.05) is 25.0 Å². The average molecular weight is 764 g/mol. The third-order valence-electron chi connectivity index (χ3n) is 11.7. The molecule has 0 bridgehead atoms. The van der Waals surface area contributed by atoms with Crippen LogP contribution in [-0.2, 0) is 32.3 Å². The highest BCUT2D eigenvalue weighted by Gasteiger charge is 2.45. The number of piperidine rings is 1. The van der Waals surface area contributed by atoms with Gasteiger partial charge < -0.3 is 10.2 Å². The zero-order valence-corrected chi connectivity index (χ0v) is 31.2. The van der Waals surface area contributed by atoms with Gasteiger partial charge in [0.05, 0.1) is 23.5 Å². The number of aryl methyl sites for hydroxylation is 1. The van der Waals surface area contributed by atoms with E-state index in [9.17, 15) is 28.8 Å². The molecule has 56 heavy (non-hydrogen) atoms. The Kier molecular flexibility index (Phi) is 10.0. The van der Waals surface area contributed by atoms with E-state index < -0.39 is 35.5 Å². The van der Waals surface area contributed by atoms with E-state index in [1.807, 2.05) is 12.1 Å². The van der Waals surface area contributed by atoms with Crippen LogP contribution in [0.2, 0.25) is 0 Å². The van der Waals surface area contributed by atoms with E-state index in [0.29, 0.717) is 66.3 Å². The molecule has 2 amide bonds. The molecule has 4 aliphatic rings. The Balaban J connectivity index is 0.930. The standard InChI is InChI=1S/C40H42FN9O6/c1-22-28-18-43-40(46-37(28)50(26-5-3-4-6-26)39(56)33(22)23(2)52)44-31-11-9-27(17-42-31)48-15-13-47(14-16-48)19-25-8-7-24-20-49(29-10-12-32(54)45-38(29)55)36(30(53)21-51)34(24)35(25)41/h7-9,11,17-18,21,26,29,36H,3-6,10,12-16,19-20H2,1-2H3,(H,45,54,55)(H,42,43,44,46). The van der Waals surface area contributed by atoms with Crippen LogP contribution in [0.1, 0.15) is 90.1 Å². The Hall–Kier alpha value is -5.74. The van der Waals surface area contributed by atoms with Gasteiger partial charge in [-0.2, -0.15) is 4.98 Å². The average Bonchev–Trinajstić information content (AvgIpc) is 3.85. The van der Waals surface area contributed by atoms with Crippen molar-refractivity contribution < 1.29 is 28.4 Å². The molecule has 4 aromatic rings. The van der Waals surface area contributed by atoms with E-state index in [4.69, 9.17) is 4.98 Å². The number of nitrogens with zero attached hydrogens (tertiary/aromatic N) is 7. The lowest BCUT2D eigenvalue weighted by Gasteiger charge is -2.36. The van der Waals surface area contributed by atoms with Crippen LogP contribution in [0.3, 0.4) is 0 Å². The number of nitrogens with one attached hydrogen (secondary N) is 2. The van der Waals surface area contributed by atoms with E-state index in [2.05, 4.69) is 30.4 Å². The summed E-state index contributed by atoms with van der Waals surface area (Å²) in [4.78, 5) is 94.6. The molecular weight excluding hydrogens is 721 g/mol. The van der Waals surface area contributed by atoms with Crippen molar-refractivity contribution in [2.45, 2.75) is 83.6 Å². The topological polar surface area (TPSA) is 180 Å². The third-order valence-corrected chi connectivity index (χ3v) is 11.7. The molecule has 1 saturated carbocycles. The SMILES string of the molecule is CC(=O)c1c(C)c2cnc(Nc3ccc(N4CCN(Cc5ccc6c(c5F)C(C(=O)C=O)N(C5CCC(=O)NC5=O)C6)CC4)cn3)nc2n(C2CCCC2)c1=O. The van der Waals surface area contributed by atoms with E-state index in [0.717, 1.165) is 31.4 Å². The number of halogens is 1. The maximum atomic E-state index is 16.2. The van der Waals surface area contributed by atoms with Crippen LogP contribution in [0.4, 0.5) is 21.8 Å². The van der Waals surface area contributed by atoms with Crippen LogP contribution in [0.5, 0.6) is 0 Å². The number of fused-ring (bicyclic) bond motifs is 2. The largest absolute Gasteiger partial charge is 0.368 e. The first-order valence-corrected chi connectivity index (χ1v) is 19.0. The first kappa shape index (κ1) is 37.2. The number of hydrogen-bond donors (Lipinski definition) is 2. The Morgan fingerprint density at radius 3 is 2.45 bits per heavy atom. The summed E-state index contributed by atoms with van der Waals surface area (Å²) in [5, 5.41) is 6.12. The second kappa shape index (κ2) is 15.1. The van der Waals surface area contributed by atoms with Gasteiger partial charge in [0.1, 0.15) is 23.3 Å². The molecule has 1 aromatic carbocycles. The first-order valence-electron chi connectivity index (χ1n) is 19.0. The number of carbonyl (C=O) groups is 5. The minimum Gasteiger partial charge on any atom is -0.368 e. The van der Waals surface area contributed by atoms with Gasteiger partial charge in [-0.05, 0) is 56.4 Å². The molecule has 2 N–H and O–H groups in total. The molecule has 3 aromatic heterocycles. The van der Waals surface area contributed by atoms with Crippen LogP contribution < -0.4 is 21.1 Å². The number of piperazine rings is 1. The monoisotopic (exact) mass is 763 g/mol. The highest BCUT2D eigenvalue weighted by Crippen LogP contribution is 2.40. The maximum Gasteiger partial charge on any atom is 0.263 e. The number of carbonyl (C=O) groups excluding carboxylic acids is 5. The fourth-order valence-corrected chi connectivity index (χ4v) is 8.82. The van der Waals surface area contributed by atoms with Crippen molar-refractivity contribution in [3.8, 4) is 0 Å². The Morgan fingerprint density at radius 1 is 1.00 bits per heavy atom. The highest BCUT2D eigenvalue weighted by atomic mass is 19.1. The fourth-order valence-electron chi connectivity index (χ4n) is 8.82. The molecule has 2 unspecified atom stereocenters. The van der Waals surface area contributed by atoms with Gasteiger partial charge in [-0.25, -0.2) is 14.4 Å². The summed E-state index contributed by atoms with van der Waals surface area (Å²) in [5.41, 5.74) is 2.93. The van der Waals surface area contributed by atoms with Crippen molar-refractivity contribution in [3.05, 3.63) is 80.6 Å². The molecule has 290 valence electrons. The van der Waals surface area contributed by atoms with Gasteiger partial charge in [0.15, 0.2) is 12.1 Å². The summed E-state index contributed by atoms with van der Waals surface area (Å²) in [7, 11) is 0. The number of amides is 2. The molecule has 16 heteroatoms. The summed E-state index contributed by atoms with van der Waals surface area (Å²) < 4.78 is 17.9. The van der Waals surface area contributed by atoms with Crippen molar-refractivity contribution in [2.24, 2.45) is 0 Å². The Bertz CT molecular complexity index is 2330. The van der Waals surface area contributed by atoms with Gasteiger partial charge in [0.25, 0.3) is 5.56 Å². The quantitative estimate of drug-likeness (QED) is 0.104. The predicted molar refractivity (Wildman–Crippen MR) is 203 cm³/mol. The lowest BCUT2D eigenvalue weighted by Crippen LogP contribution is -2.52. The molecule has 8 rings (SSSR count). The smallest absolute Gasteiger partial charge is 0.263 e. The minimum atomic E-state index is -1.23. The van der Waals surface area contributed by atoms with Crippen LogP contribution in [0.15, 0.2) is 41.5 Å². The lowest BCUT2D eigenvalue weighted by molar-refractivity contribution is -0.141. The van der Waals surface area contributed by atoms with E-state index in [-0.39, 0.29) is 60.1 Å². The summed E-state index contributed by atoms with van der Waals surface area (Å²) in [6.45, 7) is 6.17. The number of imide groups is 1. The number of Topliss-reactive ketones (excluding diaryl/α,β-unsaturated/α-hetero) is 2. The van der Waals surface area contributed by atoms with E-state index in [1.165, 1.54) is 11.8 Å². The zero-order chi connectivity index (χ0) is 39.2. The number of anilines is 3. The molecule has 0 spiro atoms. The second-order valence-electron chi connectivity index (χ2n) is 15.1. The molecule has 15 nitrogen and oxygen atoms in total. The summed E-state index contributed by atoms with van der Waals surface area (Å²) in [6.07, 6.45) is 7.58. The van der Waals surface area contributed by atoms with Crippen molar-refractivity contribution in [2.75, 3.05) is 36.4 Å². The molecular formula is C40H42FN9O6. The second-order valence-corrected chi connectivity index (χ2v) is 15.1. The molecule has 1 aliphatic carbocycles. The van der Waals surface area contributed by atoms with Gasteiger partial charge in [0.2, 0.25) is 23.5 Å². The molecule has 2 atom stereocenters. The van der Waals surface area contributed by atoms with Crippen LogP contribution >= 0.6 is 0 Å². The van der Waals surface area contributed by atoms with Crippen molar-refractivity contribution >= 4 is 58.2 Å². The van der Waals surface area contributed by atoms with Crippen LogP contribution in [-0.4, -0.2) is 91.2 Å². The van der Waals surface area contributed by atoms with Crippen molar-refractivity contribution in [1.82, 2.24) is 34.6 Å². The number of aldehydes is 1. The van der Waals surface area contributed by atoms with Gasteiger partial charge in [-0.15, -0.1) is 0 Å². The molecule has 3 fully saturated rings. The van der Waals surface area contributed by atoms with Gasteiger partial charge in [-0.3, -0.25) is 48.5 Å². The van der Waals surface area contributed by atoms with Crippen molar-refractivity contribution in [1.29, 1.82) is 0 Å². The fraction of sp³-hybridized carbons (Fsp3) is 0.425. The van der Waals surface area contributed by atoms with Gasteiger partial charge >= 0.3 is 0 Å². The normalized spacial score (nSPS) is 20.7. The number of ketones is 2. The number of benzene rings is 1. The third kappa shape index (κ3) is 6.76. The maximum absolute atomic E-state index is 16.2. The van der Waals surface area contributed by atoms with Crippen LogP contribution in [0.25, 0.3) is 11.0 Å². The summed E-state index contributed by atoms with van der Waals surface area (Å²) in [6, 6.07) is 5.15. The first-order chi connectivity index (χ1) is 27.0. The summed E-state index contributed by atoms with van der Waals surface area (Å²) in [5.74, 6) is -1.80. The molecule has 0 radical (unpaired) electrons. The molecule has 6 heterocycles. The number of hydrogen-bond acceptors (Lipinski definition) is 13. The molecule has 3 aliphatic heterocycles. The lowest BCUT2D eigenvalue weighted by atomic mass is 9.96. The number of pyridine rings is 2. The zero-order valence-electron chi connectivity index (χ0n) is 31.2. The predicted octanol–water partition coefficient (Wildman–Crippen LogP) is 3.45. The minimum absolute atomic E-state index is 0.0268. The highest BCUT2D eigenvalue weighted by molar-refractivity contribution is 6.27.